The molecule has 0 saturated heterocycles. The highest BCUT2D eigenvalue weighted by molar-refractivity contribution is 7.17. The van der Waals surface area contributed by atoms with Crippen LogP contribution >= 0.6 is 11.3 Å². The first kappa shape index (κ1) is 23.2. The average molecular weight is 488 g/mol. The molecule has 0 spiro atoms. The van der Waals surface area contributed by atoms with Crippen molar-refractivity contribution < 1.29 is 23.1 Å². The molecule has 0 aliphatic heterocycles. The summed E-state index contributed by atoms with van der Waals surface area (Å²) >= 11 is 1.08. The summed E-state index contributed by atoms with van der Waals surface area (Å²) in [6.07, 6.45) is 0.482. The number of thiazole rings is 1. The third-order valence-electron chi connectivity index (χ3n) is 5.05. The molecule has 176 valence electrons. The molecule has 0 fully saturated rings. The second kappa shape index (κ2) is 8.78. The number of alkyl halides is 3. The Kier molecular flexibility index (Phi) is 6.00. The predicted octanol–water partition coefficient (Wildman–Crippen LogP) is 5.37. The molecule has 0 radical (unpaired) electrons. The van der Waals surface area contributed by atoms with E-state index < -0.39 is 11.7 Å². The summed E-state index contributed by atoms with van der Waals surface area (Å²) in [6, 6.07) is 4.23. The quantitative estimate of drug-likeness (QED) is 0.349. The highest BCUT2D eigenvalue weighted by atomic mass is 32.1. The maximum absolute atomic E-state index is 13.0. The van der Waals surface area contributed by atoms with Crippen LogP contribution in [0.2, 0.25) is 0 Å². The smallest absolute Gasteiger partial charge is 0.417 e. The van der Waals surface area contributed by atoms with Crippen molar-refractivity contribution in [3.8, 4) is 11.4 Å². The summed E-state index contributed by atoms with van der Waals surface area (Å²) in [5.74, 6) is 0.0626. The Morgan fingerprint density at radius 2 is 1.88 bits per heavy atom. The number of benzene rings is 1. The van der Waals surface area contributed by atoms with Gasteiger partial charge in [-0.25, -0.2) is 9.67 Å². The molecule has 1 aromatic carbocycles. The van der Waals surface area contributed by atoms with Crippen molar-refractivity contribution >= 4 is 33.9 Å². The Morgan fingerprint density at radius 1 is 1.12 bits per heavy atom. The first-order valence-electron chi connectivity index (χ1n) is 9.95. The van der Waals surface area contributed by atoms with Crippen LogP contribution in [0.25, 0.3) is 5.69 Å². The predicted molar refractivity (Wildman–Crippen MR) is 122 cm³/mol. The number of aryl methyl sites for hydroxylation is 2. The van der Waals surface area contributed by atoms with Crippen LogP contribution in [-0.4, -0.2) is 30.8 Å². The number of hydrogen-bond acceptors (Lipinski definition) is 7. The van der Waals surface area contributed by atoms with Crippen LogP contribution in [0.1, 0.15) is 31.9 Å². The van der Waals surface area contributed by atoms with Crippen molar-refractivity contribution in [2.45, 2.75) is 26.9 Å². The van der Waals surface area contributed by atoms with Gasteiger partial charge < -0.3 is 15.7 Å². The van der Waals surface area contributed by atoms with Gasteiger partial charge in [0.25, 0.3) is 5.91 Å². The van der Waals surface area contributed by atoms with Crippen LogP contribution in [0.5, 0.6) is 5.75 Å². The van der Waals surface area contributed by atoms with Gasteiger partial charge in [0.15, 0.2) is 10.9 Å². The van der Waals surface area contributed by atoms with E-state index in [1.165, 1.54) is 17.1 Å². The van der Waals surface area contributed by atoms with Crippen LogP contribution in [0.15, 0.2) is 43.0 Å². The van der Waals surface area contributed by atoms with E-state index in [1.807, 2.05) is 6.92 Å². The molecule has 1 amide bonds. The summed E-state index contributed by atoms with van der Waals surface area (Å²) in [6.45, 7) is 5.26. The Balaban J connectivity index is 1.52. The minimum absolute atomic E-state index is 0.0783. The number of carbonyl (C=O) groups is 1. The zero-order chi connectivity index (χ0) is 24.6. The van der Waals surface area contributed by atoms with Crippen LogP contribution in [-0.2, 0) is 6.18 Å². The number of amides is 1. The maximum Gasteiger partial charge on any atom is 0.417 e. The molecule has 0 aliphatic carbocycles. The number of carbonyl (C=O) groups excluding carboxylic acids is 1. The van der Waals surface area contributed by atoms with E-state index in [4.69, 9.17) is 0 Å². The van der Waals surface area contributed by atoms with E-state index in [1.54, 1.807) is 32.2 Å². The number of hydrogen-bond donors (Lipinski definition) is 3. The van der Waals surface area contributed by atoms with Crippen LogP contribution in [0.3, 0.4) is 0 Å². The number of nitrogens with zero attached hydrogens (tertiary/aromatic N) is 4. The highest BCUT2D eigenvalue weighted by Crippen LogP contribution is 2.31. The lowest BCUT2D eigenvalue weighted by Crippen LogP contribution is -2.12. The van der Waals surface area contributed by atoms with E-state index >= 15 is 0 Å². The number of anilines is 3. The molecule has 4 rings (SSSR count). The third-order valence-corrected chi connectivity index (χ3v) is 5.96. The first-order valence-corrected chi connectivity index (χ1v) is 10.8. The van der Waals surface area contributed by atoms with Gasteiger partial charge >= 0.3 is 6.18 Å². The minimum Gasteiger partial charge on any atom is -0.508 e. The zero-order valence-electron chi connectivity index (χ0n) is 18.2. The number of pyridine rings is 1. The van der Waals surface area contributed by atoms with E-state index in [0.717, 1.165) is 29.2 Å². The second-order valence-electron chi connectivity index (χ2n) is 7.55. The standard InChI is InChI=1S/C22H19F3N6O2S/c1-11-4-5-16(32)13(3)18(11)28-20(33)17-9-27-21(34-17)29-19-12(2)10-31(30-19)15-6-14(7-26-8-15)22(23,24)25/h4-10,32H,1-3H3,(H,28,33)(H,27,29,30). The van der Waals surface area contributed by atoms with E-state index in [-0.39, 0.29) is 17.3 Å². The Bertz CT molecular complexity index is 1380. The fourth-order valence-electron chi connectivity index (χ4n) is 3.17. The lowest BCUT2D eigenvalue weighted by Gasteiger charge is -2.11. The molecule has 0 aliphatic rings. The summed E-state index contributed by atoms with van der Waals surface area (Å²) in [4.78, 5) is 20.9. The average Bonchev–Trinajstić information content (AvgIpc) is 3.40. The molecule has 4 aromatic rings. The van der Waals surface area contributed by atoms with Crippen LogP contribution < -0.4 is 10.6 Å². The number of aromatic hydroxyl groups is 1. The Hall–Kier alpha value is -3.93. The fourth-order valence-corrected chi connectivity index (χ4v) is 3.88. The third kappa shape index (κ3) is 4.71. The van der Waals surface area contributed by atoms with Crippen LogP contribution in [0.4, 0.5) is 29.8 Å². The molecule has 0 unspecified atom stereocenters. The fraction of sp³-hybridized carbons (Fsp3) is 0.182. The van der Waals surface area contributed by atoms with Gasteiger partial charge in [-0.3, -0.25) is 9.78 Å². The summed E-state index contributed by atoms with van der Waals surface area (Å²) < 4.78 is 40.3. The maximum atomic E-state index is 13.0. The van der Waals surface area contributed by atoms with Gasteiger partial charge in [0.1, 0.15) is 10.6 Å². The molecular weight excluding hydrogens is 469 g/mol. The molecule has 0 atom stereocenters. The molecule has 12 heteroatoms. The van der Waals surface area contributed by atoms with Gasteiger partial charge in [-0.1, -0.05) is 17.4 Å². The van der Waals surface area contributed by atoms with Gasteiger partial charge in [0, 0.05) is 23.5 Å². The van der Waals surface area contributed by atoms with Crippen molar-refractivity contribution in [3.05, 3.63) is 70.1 Å². The molecule has 34 heavy (non-hydrogen) atoms. The van der Waals surface area contributed by atoms with Crippen molar-refractivity contribution in [1.82, 2.24) is 19.7 Å². The number of halogens is 3. The van der Waals surface area contributed by atoms with E-state index in [2.05, 4.69) is 25.7 Å². The number of aromatic nitrogens is 4. The first-order chi connectivity index (χ1) is 16.0. The number of phenolic OH excluding ortho intramolecular Hbond substituents is 1. The van der Waals surface area contributed by atoms with Gasteiger partial charge in [-0.05, 0) is 38.5 Å². The topological polar surface area (TPSA) is 105 Å². The number of rotatable bonds is 5. The van der Waals surface area contributed by atoms with Crippen molar-refractivity contribution in [2.24, 2.45) is 0 Å². The largest absolute Gasteiger partial charge is 0.508 e. The highest BCUT2D eigenvalue weighted by Gasteiger charge is 2.31. The molecule has 8 nitrogen and oxygen atoms in total. The zero-order valence-corrected chi connectivity index (χ0v) is 19.0. The van der Waals surface area contributed by atoms with Crippen molar-refractivity contribution in [3.63, 3.8) is 0 Å². The molecule has 3 heterocycles. The normalized spacial score (nSPS) is 11.5. The monoisotopic (exact) mass is 488 g/mol. The van der Waals surface area contributed by atoms with Gasteiger partial charge in [0.05, 0.1) is 29.3 Å². The Labute approximate surface area is 196 Å². The van der Waals surface area contributed by atoms with Crippen LogP contribution in [0, 0.1) is 20.8 Å². The molecule has 3 aromatic heterocycles. The number of nitrogens with one attached hydrogen (secondary N) is 2. The summed E-state index contributed by atoms with van der Waals surface area (Å²) in [5.41, 5.74) is 1.82. The van der Waals surface area contributed by atoms with Gasteiger partial charge in [0.2, 0.25) is 0 Å². The molecule has 0 bridgehead atoms. The van der Waals surface area contributed by atoms with Crippen molar-refractivity contribution in [1.29, 1.82) is 0 Å². The second-order valence-corrected chi connectivity index (χ2v) is 8.58. The SMILES string of the molecule is Cc1cn(-c2cncc(C(F)(F)F)c2)nc1Nc1ncc(C(=O)Nc2c(C)ccc(O)c2C)s1. The lowest BCUT2D eigenvalue weighted by molar-refractivity contribution is -0.137. The van der Waals surface area contributed by atoms with Gasteiger partial charge in [-0.2, -0.15) is 13.2 Å². The lowest BCUT2D eigenvalue weighted by atomic mass is 10.1. The van der Waals surface area contributed by atoms with E-state index in [0.29, 0.717) is 32.6 Å². The minimum atomic E-state index is -4.51. The number of phenols is 1. The van der Waals surface area contributed by atoms with Crippen molar-refractivity contribution in [2.75, 3.05) is 10.6 Å². The molecule has 3 N–H and O–H groups in total. The molecular formula is C22H19F3N6O2S. The summed E-state index contributed by atoms with van der Waals surface area (Å²) in [5, 5.41) is 20.4. The molecule has 0 saturated carbocycles. The van der Waals surface area contributed by atoms with Gasteiger partial charge in [-0.15, -0.1) is 5.10 Å². The van der Waals surface area contributed by atoms with E-state index in [9.17, 15) is 23.1 Å². The summed E-state index contributed by atoms with van der Waals surface area (Å²) in [7, 11) is 0. The Morgan fingerprint density at radius 3 is 2.62 bits per heavy atom.